The summed E-state index contributed by atoms with van der Waals surface area (Å²) >= 11 is 2.77. The zero-order chi connectivity index (χ0) is 15.9. The molecule has 1 aromatic heterocycles. The molecule has 0 bridgehead atoms. The van der Waals surface area contributed by atoms with Crippen LogP contribution in [0.3, 0.4) is 0 Å². The Hall–Kier alpha value is -0.870. The van der Waals surface area contributed by atoms with Crippen molar-refractivity contribution in [1.29, 1.82) is 0 Å². The lowest BCUT2D eigenvalue weighted by Crippen LogP contribution is -2.61. The van der Waals surface area contributed by atoms with E-state index >= 15 is 0 Å². The van der Waals surface area contributed by atoms with Gasteiger partial charge >= 0.3 is 12.1 Å². The molecule has 20 heavy (non-hydrogen) atoms. The van der Waals surface area contributed by atoms with Crippen LogP contribution < -0.4 is 5.73 Å². The summed E-state index contributed by atoms with van der Waals surface area (Å²) in [6.07, 6.45) is -9.67. The molecule has 10 heteroatoms. The van der Waals surface area contributed by atoms with E-state index in [1.165, 1.54) is 0 Å². The minimum atomic E-state index is -5.62. The molecule has 2 atom stereocenters. The molecule has 0 unspecified atom stereocenters. The first-order chi connectivity index (χ1) is 8.81. The van der Waals surface area contributed by atoms with Gasteiger partial charge in [-0.05, 0) is 35.0 Å². The molecule has 0 amide bonds. The number of aliphatic hydroxyl groups excluding tert-OH is 1. The van der Waals surface area contributed by atoms with Crippen molar-refractivity contribution in [2.24, 2.45) is 5.73 Å². The van der Waals surface area contributed by atoms with E-state index in [4.69, 9.17) is 10.8 Å². The first kappa shape index (κ1) is 17.2. The minimum absolute atomic E-state index is 0.0946. The van der Waals surface area contributed by atoms with Gasteiger partial charge in [0, 0.05) is 0 Å². The highest BCUT2D eigenvalue weighted by molar-refractivity contribution is 9.10. The van der Waals surface area contributed by atoms with Crippen molar-refractivity contribution >= 4 is 15.9 Å². The monoisotopic (exact) mass is 366 g/mol. The van der Waals surface area contributed by atoms with Crippen LogP contribution in [0.25, 0.3) is 0 Å². The van der Waals surface area contributed by atoms with Gasteiger partial charge < -0.3 is 10.8 Å². The third kappa shape index (κ3) is 2.91. The van der Waals surface area contributed by atoms with Gasteiger partial charge in [0.15, 0.2) is 0 Å². The van der Waals surface area contributed by atoms with Crippen molar-refractivity contribution in [3.8, 4) is 0 Å². The summed E-state index contributed by atoms with van der Waals surface area (Å²) in [5.74, 6) is -6.20. The lowest BCUT2D eigenvalue weighted by Gasteiger charge is -2.37. The summed E-state index contributed by atoms with van der Waals surface area (Å²) in [7, 11) is 0. The average molecular weight is 367 g/mol. The van der Waals surface area contributed by atoms with E-state index in [0.717, 1.165) is 6.07 Å². The standard InChI is InChI=1S/C10H9BrF6N2O/c1-8(18,6-4(12)2-3-5(11)19-6)9(13,14)7(20)10(15,16)17/h2-3,7,20H,18H2,1H3/t7-,8-/m1/s1. The summed E-state index contributed by atoms with van der Waals surface area (Å²) < 4.78 is 77.7. The summed E-state index contributed by atoms with van der Waals surface area (Å²) in [5.41, 5.74) is 0.882. The Morgan fingerprint density at radius 1 is 1.25 bits per heavy atom. The van der Waals surface area contributed by atoms with Crippen LogP contribution in [0, 0.1) is 5.82 Å². The van der Waals surface area contributed by atoms with Crippen molar-refractivity contribution in [1.82, 2.24) is 4.98 Å². The van der Waals surface area contributed by atoms with Crippen molar-refractivity contribution < 1.29 is 31.4 Å². The molecule has 0 aliphatic carbocycles. The molecule has 3 nitrogen and oxygen atoms in total. The lowest BCUT2D eigenvalue weighted by molar-refractivity contribution is -0.286. The molecule has 0 fully saturated rings. The van der Waals surface area contributed by atoms with Crippen LogP contribution in [0.15, 0.2) is 16.7 Å². The Morgan fingerprint density at radius 3 is 2.20 bits per heavy atom. The van der Waals surface area contributed by atoms with Gasteiger partial charge in [0.1, 0.15) is 21.7 Å². The molecular formula is C10H9BrF6N2O. The van der Waals surface area contributed by atoms with Crippen LogP contribution in [-0.2, 0) is 5.54 Å². The number of rotatable bonds is 3. The molecule has 0 spiro atoms. The molecule has 0 aromatic carbocycles. The fraction of sp³-hybridized carbons (Fsp3) is 0.500. The molecule has 0 saturated heterocycles. The first-order valence-corrected chi connectivity index (χ1v) is 5.85. The predicted molar refractivity (Wildman–Crippen MR) is 60.4 cm³/mol. The zero-order valence-corrected chi connectivity index (χ0v) is 11.4. The second-order valence-electron chi connectivity index (χ2n) is 4.23. The highest BCUT2D eigenvalue weighted by Gasteiger charge is 2.64. The Labute approximate surface area is 117 Å². The quantitative estimate of drug-likeness (QED) is 0.638. The van der Waals surface area contributed by atoms with Gasteiger partial charge in [-0.1, -0.05) is 0 Å². The number of aromatic nitrogens is 1. The number of pyridine rings is 1. The SMILES string of the molecule is C[C@@](N)(c1nc(Br)ccc1F)C(F)(F)[C@@H](O)C(F)(F)F. The average Bonchev–Trinajstić information content (AvgIpc) is 2.29. The fourth-order valence-corrected chi connectivity index (χ4v) is 1.74. The molecule has 0 saturated carbocycles. The van der Waals surface area contributed by atoms with Crippen LogP contribution in [0.4, 0.5) is 26.3 Å². The number of hydrogen-bond acceptors (Lipinski definition) is 3. The van der Waals surface area contributed by atoms with Crippen LogP contribution in [0.5, 0.6) is 0 Å². The Bertz CT molecular complexity index is 505. The maximum atomic E-state index is 13.8. The molecule has 1 aromatic rings. The van der Waals surface area contributed by atoms with Crippen molar-refractivity contribution in [3.05, 3.63) is 28.2 Å². The molecule has 0 aliphatic heterocycles. The van der Waals surface area contributed by atoms with Crippen molar-refractivity contribution in [3.63, 3.8) is 0 Å². The molecule has 1 rings (SSSR count). The second-order valence-corrected chi connectivity index (χ2v) is 5.05. The summed E-state index contributed by atoms with van der Waals surface area (Å²) in [4.78, 5) is 3.33. The fourth-order valence-electron chi connectivity index (χ4n) is 1.43. The highest BCUT2D eigenvalue weighted by atomic mass is 79.9. The van der Waals surface area contributed by atoms with Crippen LogP contribution >= 0.6 is 15.9 Å². The largest absolute Gasteiger partial charge is 0.420 e. The predicted octanol–water partition coefficient (Wildman–Crippen LogP) is 2.72. The number of halogens is 7. The zero-order valence-electron chi connectivity index (χ0n) is 9.85. The van der Waals surface area contributed by atoms with Crippen molar-refractivity contribution in [2.45, 2.75) is 30.7 Å². The third-order valence-corrected chi connectivity index (χ3v) is 3.09. The summed E-state index contributed by atoms with van der Waals surface area (Å²) in [6, 6.07) is 1.78. The molecule has 0 radical (unpaired) electrons. The van der Waals surface area contributed by atoms with E-state index in [-0.39, 0.29) is 4.60 Å². The van der Waals surface area contributed by atoms with Gasteiger partial charge in [0.05, 0.1) is 0 Å². The van der Waals surface area contributed by atoms with Crippen LogP contribution in [0.2, 0.25) is 0 Å². The van der Waals surface area contributed by atoms with E-state index in [9.17, 15) is 26.3 Å². The number of hydrogen-bond donors (Lipinski definition) is 2. The van der Waals surface area contributed by atoms with Gasteiger partial charge in [-0.3, -0.25) is 0 Å². The van der Waals surface area contributed by atoms with Crippen LogP contribution in [0.1, 0.15) is 12.6 Å². The Kier molecular flexibility index (Phi) is 4.43. The number of aliphatic hydroxyl groups is 1. The van der Waals surface area contributed by atoms with E-state index in [0.29, 0.717) is 13.0 Å². The summed E-state index contributed by atoms with van der Waals surface area (Å²) in [6.45, 7) is 0.458. The summed E-state index contributed by atoms with van der Waals surface area (Å²) in [5, 5.41) is 8.75. The van der Waals surface area contributed by atoms with Gasteiger partial charge in [0.25, 0.3) is 0 Å². The minimum Gasteiger partial charge on any atom is -0.379 e. The molecule has 0 aliphatic rings. The first-order valence-electron chi connectivity index (χ1n) is 5.05. The smallest absolute Gasteiger partial charge is 0.379 e. The molecule has 114 valence electrons. The second kappa shape index (κ2) is 5.15. The van der Waals surface area contributed by atoms with Crippen LogP contribution in [-0.4, -0.2) is 28.3 Å². The van der Waals surface area contributed by atoms with Gasteiger partial charge in [-0.2, -0.15) is 13.2 Å². The number of alkyl halides is 5. The van der Waals surface area contributed by atoms with E-state index in [2.05, 4.69) is 20.9 Å². The normalized spacial score (nSPS) is 17.7. The molecule has 3 N–H and O–H groups in total. The number of nitrogens with two attached hydrogens (primary N) is 1. The van der Waals surface area contributed by atoms with E-state index in [1.807, 2.05) is 0 Å². The third-order valence-electron chi connectivity index (χ3n) is 2.65. The highest BCUT2D eigenvalue weighted by Crippen LogP contribution is 2.43. The Balaban J connectivity index is 3.37. The van der Waals surface area contributed by atoms with E-state index in [1.54, 1.807) is 0 Å². The van der Waals surface area contributed by atoms with E-state index < -0.39 is 35.3 Å². The lowest BCUT2D eigenvalue weighted by atomic mass is 9.86. The molecular weight excluding hydrogens is 358 g/mol. The maximum absolute atomic E-state index is 13.8. The van der Waals surface area contributed by atoms with Gasteiger partial charge in [0.2, 0.25) is 6.10 Å². The van der Waals surface area contributed by atoms with Gasteiger partial charge in [-0.15, -0.1) is 0 Å². The Morgan fingerprint density at radius 2 is 1.75 bits per heavy atom. The topological polar surface area (TPSA) is 59.1 Å². The van der Waals surface area contributed by atoms with Crippen molar-refractivity contribution in [2.75, 3.05) is 0 Å². The number of nitrogens with zero attached hydrogens (tertiary/aromatic N) is 1. The molecule has 1 heterocycles. The van der Waals surface area contributed by atoms with Gasteiger partial charge in [-0.25, -0.2) is 18.2 Å². The maximum Gasteiger partial charge on any atom is 0.420 e.